The number of aliphatic carboxylic acids is 1. The van der Waals surface area contributed by atoms with Crippen LogP contribution < -0.4 is 0 Å². The summed E-state index contributed by atoms with van der Waals surface area (Å²) < 4.78 is 1.63. The number of carbonyl (C=O) groups is 1. The van der Waals surface area contributed by atoms with Gasteiger partial charge in [0, 0.05) is 15.1 Å². The molecule has 19 heavy (non-hydrogen) atoms. The van der Waals surface area contributed by atoms with Crippen LogP contribution in [-0.2, 0) is 11.2 Å². The summed E-state index contributed by atoms with van der Waals surface area (Å²) in [5, 5.41) is 9.43. The van der Waals surface area contributed by atoms with Gasteiger partial charge in [-0.1, -0.05) is 34.1 Å². The van der Waals surface area contributed by atoms with Gasteiger partial charge in [-0.25, -0.2) is 0 Å². The minimum atomic E-state index is -0.879. The first-order valence-corrected chi connectivity index (χ1v) is 7.25. The van der Waals surface area contributed by atoms with Gasteiger partial charge in [-0.2, -0.15) is 0 Å². The van der Waals surface area contributed by atoms with Crippen molar-refractivity contribution in [2.45, 2.75) is 12.3 Å². The number of hydrogen-bond acceptors (Lipinski definition) is 2. The summed E-state index contributed by atoms with van der Waals surface area (Å²) in [4.78, 5) is 15.7. The van der Waals surface area contributed by atoms with Crippen LogP contribution in [-0.4, -0.2) is 16.1 Å². The topological polar surface area (TPSA) is 50.2 Å². The van der Waals surface area contributed by atoms with E-state index in [1.807, 2.05) is 24.3 Å². The van der Waals surface area contributed by atoms with E-state index in [2.05, 4.69) is 36.8 Å². The molecule has 2 aromatic rings. The third-order valence-electron chi connectivity index (χ3n) is 2.80. The van der Waals surface area contributed by atoms with Crippen molar-refractivity contribution in [1.82, 2.24) is 4.98 Å². The summed E-state index contributed by atoms with van der Waals surface area (Å²) in [6.07, 6.45) is 2.00. The molecule has 0 amide bonds. The molecule has 0 aliphatic rings. The Hall–Kier alpha value is -1.20. The predicted octanol–water partition coefficient (Wildman–Crippen LogP) is 4.02. The summed E-state index contributed by atoms with van der Waals surface area (Å²) in [7, 11) is 0. The van der Waals surface area contributed by atoms with Crippen LogP contribution in [0.5, 0.6) is 0 Å². The number of pyridine rings is 1. The van der Waals surface area contributed by atoms with Crippen LogP contribution >= 0.6 is 31.9 Å². The highest BCUT2D eigenvalue weighted by Crippen LogP contribution is 2.28. The maximum atomic E-state index is 11.5. The Bertz CT molecular complexity index is 602. The Balaban J connectivity index is 2.35. The maximum absolute atomic E-state index is 11.5. The molecule has 0 fully saturated rings. The van der Waals surface area contributed by atoms with Crippen molar-refractivity contribution in [3.05, 3.63) is 62.8 Å². The number of carboxylic acid groups (broad SMARTS) is 1. The van der Waals surface area contributed by atoms with Crippen LogP contribution in [0.4, 0.5) is 0 Å². The molecule has 0 radical (unpaired) electrons. The molecule has 0 saturated heterocycles. The highest BCUT2D eigenvalue weighted by molar-refractivity contribution is 9.10. The highest BCUT2D eigenvalue weighted by Gasteiger charge is 2.24. The molecule has 0 spiro atoms. The van der Waals surface area contributed by atoms with E-state index in [1.54, 1.807) is 18.3 Å². The molecule has 3 nitrogen and oxygen atoms in total. The van der Waals surface area contributed by atoms with E-state index in [0.29, 0.717) is 12.1 Å². The predicted molar refractivity (Wildman–Crippen MR) is 80.2 cm³/mol. The first kappa shape index (κ1) is 14.2. The first-order valence-electron chi connectivity index (χ1n) is 5.66. The molecule has 5 heteroatoms. The molecule has 0 aliphatic heterocycles. The lowest BCUT2D eigenvalue weighted by atomic mass is 9.96. The quantitative estimate of drug-likeness (QED) is 0.866. The normalized spacial score (nSPS) is 12.1. The average molecular weight is 385 g/mol. The van der Waals surface area contributed by atoms with Crippen molar-refractivity contribution in [2.75, 3.05) is 0 Å². The zero-order chi connectivity index (χ0) is 13.8. The molecular formula is C14H11Br2NO2. The summed E-state index contributed by atoms with van der Waals surface area (Å²) in [6.45, 7) is 0. The molecule has 1 N–H and O–H groups in total. The Kier molecular flexibility index (Phi) is 4.71. The van der Waals surface area contributed by atoms with Crippen LogP contribution in [0, 0.1) is 0 Å². The van der Waals surface area contributed by atoms with Gasteiger partial charge in [0.05, 0.1) is 5.69 Å². The van der Waals surface area contributed by atoms with Crippen molar-refractivity contribution in [2.24, 2.45) is 0 Å². The van der Waals surface area contributed by atoms with Gasteiger partial charge < -0.3 is 5.11 Å². The van der Waals surface area contributed by atoms with Crippen molar-refractivity contribution >= 4 is 37.8 Å². The van der Waals surface area contributed by atoms with Crippen molar-refractivity contribution in [3.63, 3.8) is 0 Å². The van der Waals surface area contributed by atoms with Gasteiger partial charge in [0.25, 0.3) is 0 Å². The van der Waals surface area contributed by atoms with E-state index < -0.39 is 11.9 Å². The number of nitrogens with zero attached hydrogens (tertiary/aromatic N) is 1. The maximum Gasteiger partial charge on any atom is 0.312 e. The van der Waals surface area contributed by atoms with Crippen LogP contribution in [0.1, 0.15) is 17.2 Å². The molecule has 1 aromatic heterocycles. The van der Waals surface area contributed by atoms with Gasteiger partial charge in [0.15, 0.2) is 0 Å². The number of benzene rings is 1. The fraction of sp³-hybridized carbons (Fsp3) is 0.143. The smallest absolute Gasteiger partial charge is 0.312 e. The van der Waals surface area contributed by atoms with Gasteiger partial charge >= 0.3 is 5.97 Å². The molecule has 1 heterocycles. The standard InChI is InChI=1S/C14H11Br2NO2/c15-11-5-2-1-4-9(11)8-10(14(18)19)13-12(16)6-3-7-17-13/h1-7,10H,8H2,(H,18,19). The fourth-order valence-electron chi connectivity index (χ4n) is 1.84. The number of hydrogen-bond donors (Lipinski definition) is 1. The number of rotatable bonds is 4. The molecule has 2 rings (SSSR count). The monoisotopic (exact) mass is 383 g/mol. The molecule has 98 valence electrons. The molecule has 0 bridgehead atoms. The van der Waals surface area contributed by atoms with E-state index in [1.165, 1.54) is 0 Å². The molecule has 1 unspecified atom stereocenters. The Labute approximate surface area is 127 Å². The van der Waals surface area contributed by atoms with Gasteiger partial charge in [-0.05, 0) is 46.1 Å². The summed E-state index contributed by atoms with van der Waals surface area (Å²) in [5.74, 6) is -1.55. The summed E-state index contributed by atoms with van der Waals surface area (Å²) in [6, 6.07) is 11.2. The van der Waals surface area contributed by atoms with Crippen molar-refractivity contribution in [1.29, 1.82) is 0 Å². The van der Waals surface area contributed by atoms with Gasteiger partial charge in [-0.15, -0.1) is 0 Å². The van der Waals surface area contributed by atoms with Gasteiger partial charge in [0.2, 0.25) is 0 Å². The lowest BCUT2D eigenvalue weighted by Gasteiger charge is -2.14. The lowest BCUT2D eigenvalue weighted by molar-refractivity contribution is -0.138. The Morgan fingerprint density at radius 3 is 2.47 bits per heavy atom. The van der Waals surface area contributed by atoms with Crippen LogP contribution in [0.25, 0.3) is 0 Å². The molecule has 1 aromatic carbocycles. The first-order chi connectivity index (χ1) is 9.09. The Morgan fingerprint density at radius 2 is 1.84 bits per heavy atom. The Morgan fingerprint density at radius 1 is 1.16 bits per heavy atom. The van der Waals surface area contributed by atoms with Crippen LogP contribution in [0.3, 0.4) is 0 Å². The van der Waals surface area contributed by atoms with E-state index >= 15 is 0 Å². The second-order valence-corrected chi connectivity index (χ2v) is 5.77. The van der Waals surface area contributed by atoms with E-state index in [-0.39, 0.29) is 0 Å². The minimum absolute atomic E-state index is 0.395. The number of aromatic nitrogens is 1. The number of carboxylic acids is 1. The average Bonchev–Trinajstić information content (AvgIpc) is 2.38. The van der Waals surface area contributed by atoms with Crippen LogP contribution in [0.15, 0.2) is 51.5 Å². The van der Waals surface area contributed by atoms with E-state index in [9.17, 15) is 9.90 Å². The number of halogens is 2. The zero-order valence-electron chi connectivity index (χ0n) is 9.88. The lowest BCUT2D eigenvalue weighted by Crippen LogP contribution is -2.16. The molecular weight excluding hydrogens is 374 g/mol. The third-order valence-corrected chi connectivity index (χ3v) is 4.24. The summed E-state index contributed by atoms with van der Waals surface area (Å²) in [5.41, 5.74) is 1.50. The second-order valence-electron chi connectivity index (χ2n) is 4.06. The molecule has 0 saturated carbocycles. The molecule has 1 atom stereocenters. The van der Waals surface area contributed by atoms with Gasteiger partial charge in [-0.3, -0.25) is 9.78 Å². The largest absolute Gasteiger partial charge is 0.481 e. The zero-order valence-corrected chi connectivity index (χ0v) is 13.1. The fourth-order valence-corrected chi connectivity index (χ4v) is 2.82. The second kappa shape index (κ2) is 6.30. The van der Waals surface area contributed by atoms with Crippen molar-refractivity contribution < 1.29 is 9.90 Å². The van der Waals surface area contributed by atoms with Gasteiger partial charge in [0.1, 0.15) is 5.92 Å². The van der Waals surface area contributed by atoms with Crippen LogP contribution in [0.2, 0.25) is 0 Å². The molecule has 0 aliphatic carbocycles. The third kappa shape index (κ3) is 3.42. The van der Waals surface area contributed by atoms with E-state index in [4.69, 9.17) is 0 Å². The summed E-state index contributed by atoms with van der Waals surface area (Å²) >= 11 is 6.80. The SMILES string of the molecule is O=C(O)C(Cc1ccccc1Br)c1ncccc1Br. The highest BCUT2D eigenvalue weighted by atomic mass is 79.9. The van der Waals surface area contributed by atoms with Crippen molar-refractivity contribution in [3.8, 4) is 0 Å². The van der Waals surface area contributed by atoms with E-state index in [0.717, 1.165) is 14.5 Å². The minimum Gasteiger partial charge on any atom is -0.481 e.